The van der Waals surface area contributed by atoms with Gasteiger partial charge in [-0.05, 0) is 38.8 Å². The molecule has 0 bridgehead atoms. The van der Waals surface area contributed by atoms with Crippen LogP contribution in [0.4, 0.5) is 11.6 Å². The molecule has 1 amide bonds. The lowest BCUT2D eigenvalue weighted by molar-refractivity contribution is -0.117. The largest absolute Gasteiger partial charge is 0.378 e. The quantitative estimate of drug-likeness (QED) is 0.883. The lowest BCUT2D eigenvalue weighted by Gasteiger charge is -2.20. The zero-order chi connectivity index (χ0) is 16.9. The number of nitrogens with zero attached hydrogens (tertiary/aromatic N) is 3. The molecule has 6 heteroatoms. The molecule has 1 aliphatic rings. The highest BCUT2D eigenvalue weighted by atomic mass is 16.5. The first-order chi connectivity index (χ1) is 11.6. The Morgan fingerprint density at radius 2 is 1.88 bits per heavy atom. The van der Waals surface area contributed by atoms with Gasteiger partial charge >= 0.3 is 0 Å². The van der Waals surface area contributed by atoms with Crippen LogP contribution in [-0.2, 0) is 9.53 Å². The molecule has 1 aromatic heterocycles. The van der Waals surface area contributed by atoms with E-state index < -0.39 is 0 Å². The number of hydrogen-bond donors (Lipinski definition) is 1. The summed E-state index contributed by atoms with van der Waals surface area (Å²) in [4.78, 5) is 23.8. The van der Waals surface area contributed by atoms with E-state index in [4.69, 9.17) is 9.72 Å². The standard InChI is InChI=1S/C18H24N4O2/c1-13(2)24-12-9-16(23)21-17-18(22-10-5-6-11-22)20-15-8-4-3-7-14(15)19-17/h3-4,7-8,13H,5-6,9-12H2,1-2H3,(H,19,21,23). The number of para-hydroxylation sites is 2. The van der Waals surface area contributed by atoms with Gasteiger partial charge in [0.15, 0.2) is 11.6 Å². The van der Waals surface area contributed by atoms with Gasteiger partial charge in [0.2, 0.25) is 5.91 Å². The van der Waals surface area contributed by atoms with Crippen molar-refractivity contribution in [2.45, 2.75) is 39.2 Å². The number of nitrogens with one attached hydrogen (secondary N) is 1. The third-order valence-corrected chi connectivity index (χ3v) is 4.00. The molecule has 1 saturated heterocycles. The molecule has 0 atom stereocenters. The fourth-order valence-corrected chi connectivity index (χ4v) is 2.81. The summed E-state index contributed by atoms with van der Waals surface area (Å²) in [5, 5.41) is 2.92. The zero-order valence-electron chi connectivity index (χ0n) is 14.3. The van der Waals surface area contributed by atoms with E-state index in [1.807, 2.05) is 38.1 Å². The molecule has 2 aromatic rings. The third kappa shape index (κ3) is 4.00. The Balaban J connectivity index is 1.81. The van der Waals surface area contributed by atoms with Gasteiger partial charge < -0.3 is 15.0 Å². The van der Waals surface area contributed by atoms with Crippen molar-refractivity contribution in [3.63, 3.8) is 0 Å². The van der Waals surface area contributed by atoms with Crippen molar-refractivity contribution in [1.29, 1.82) is 0 Å². The summed E-state index contributed by atoms with van der Waals surface area (Å²) in [6.45, 7) is 6.22. The van der Waals surface area contributed by atoms with Crippen molar-refractivity contribution in [2.75, 3.05) is 29.9 Å². The predicted molar refractivity (Wildman–Crippen MR) is 95.3 cm³/mol. The maximum absolute atomic E-state index is 12.2. The molecule has 24 heavy (non-hydrogen) atoms. The summed E-state index contributed by atoms with van der Waals surface area (Å²) in [5.74, 6) is 1.22. The van der Waals surface area contributed by atoms with Crippen LogP contribution in [0.2, 0.25) is 0 Å². The summed E-state index contributed by atoms with van der Waals surface area (Å²) in [6, 6.07) is 7.73. The molecule has 1 aliphatic heterocycles. The van der Waals surface area contributed by atoms with E-state index in [2.05, 4.69) is 15.2 Å². The van der Waals surface area contributed by atoms with E-state index in [9.17, 15) is 4.79 Å². The second-order valence-electron chi connectivity index (χ2n) is 6.30. The van der Waals surface area contributed by atoms with Crippen LogP contribution >= 0.6 is 0 Å². The molecule has 2 heterocycles. The Bertz CT molecular complexity index is 711. The SMILES string of the molecule is CC(C)OCCC(=O)Nc1nc2ccccc2nc1N1CCCC1. The van der Waals surface area contributed by atoms with E-state index in [-0.39, 0.29) is 12.0 Å². The lowest BCUT2D eigenvalue weighted by atomic mass is 10.3. The summed E-state index contributed by atoms with van der Waals surface area (Å²) in [6.07, 6.45) is 2.72. The minimum Gasteiger partial charge on any atom is -0.378 e. The van der Waals surface area contributed by atoms with Crippen LogP contribution in [0.3, 0.4) is 0 Å². The molecule has 3 rings (SSSR count). The molecule has 128 valence electrons. The van der Waals surface area contributed by atoms with Gasteiger partial charge in [0.1, 0.15) is 0 Å². The molecule has 0 unspecified atom stereocenters. The second-order valence-corrected chi connectivity index (χ2v) is 6.30. The Hall–Kier alpha value is -2.21. The van der Waals surface area contributed by atoms with Crippen molar-refractivity contribution in [3.05, 3.63) is 24.3 Å². The molecule has 0 radical (unpaired) electrons. The number of anilines is 2. The average molecular weight is 328 g/mol. The van der Waals surface area contributed by atoms with Gasteiger partial charge in [-0.15, -0.1) is 0 Å². The maximum Gasteiger partial charge on any atom is 0.227 e. The summed E-state index contributed by atoms with van der Waals surface area (Å²) >= 11 is 0. The predicted octanol–water partition coefficient (Wildman–Crippen LogP) is 2.98. The van der Waals surface area contributed by atoms with Crippen molar-refractivity contribution in [1.82, 2.24) is 9.97 Å². The monoisotopic (exact) mass is 328 g/mol. The third-order valence-electron chi connectivity index (χ3n) is 4.00. The van der Waals surface area contributed by atoms with Crippen LogP contribution in [0, 0.1) is 0 Å². The molecular weight excluding hydrogens is 304 g/mol. The topological polar surface area (TPSA) is 67.3 Å². The highest BCUT2D eigenvalue weighted by Gasteiger charge is 2.20. The number of benzene rings is 1. The second kappa shape index (κ2) is 7.57. The van der Waals surface area contributed by atoms with Crippen LogP contribution < -0.4 is 10.2 Å². The Morgan fingerprint density at radius 3 is 2.54 bits per heavy atom. The van der Waals surface area contributed by atoms with E-state index in [1.54, 1.807) is 0 Å². The van der Waals surface area contributed by atoms with Crippen molar-refractivity contribution in [2.24, 2.45) is 0 Å². The number of rotatable bonds is 6. The van der Waals surface area contributed by atoms with Gasteiger partial charge in [-0.3, -0.25) is 4.79 Å². The van der Waals surface area contributed by atoms with E-state index in [1.165, 1.54) is 0 Å². The number of carbonyl (C=O) groups excluding carboxylic acids is 1. The number of amides is 1. The zero-order valence-corrected chi connectivity index (χ0v) is 14.3. The Morgan fingerprint density at radius 1 is 1.21 bits per heavy atom. The number of carbonyl (C=O) groups is 1. The Labute approximate surface area is 142 Å². The highest BCUT2D eigenvalue weighted by molar-refractivity contribution is 5.94. The molecule has 1 N–H and O–H groups in total. The van der Waals surface area contributed by atoms with Gasteiger partial charge in [0.05, 0.1) is 30.2 Å². The Kier molecular flexibility index (Phi) is 5.25. The van der Waals surface area contributed by atoms with Crippen LogP contribution in [0.1, 0.15) is 33.1 Å². The molecule has 0 saturated carbocycles. The molecule has 1 fully saturated rings. The first kappa shape index (κ1) is 16.6. The molecule has 0 aliphatic carbocycles. The van der Waals surface area contributed by atoms with Crippen LogP contribution in [0.15, 0.2) is 24.3 Å². The van der Waals surface area contributed by atoms with Gasteiger partial charge in [0.25, 0.3) is 0 Å². The van der Waals surface area contributed by atoms with E-state index >= 15 is 0 Å². The lowest BCUT2D eigenvalue weighted by Crippen LogP contribution is -2.24. The fraction of sp³-hybridized carbons (Fsp3) is 0.500. The number of hydrogen-bond acceptors (Lipinski definition) is 5. The van der Waals surface area contributed by atoms with Crippen LogP contribution in [0.25, 0.3) is 11.0 Å². The first-order valence-electron chi connectivity index (χ1n) is 8.56. The van der Waals surface area contributed by atoms with Crippen LogP contribution in [-0.4, -0.2) is 41.7 Å². The summed E-state index contributed by atoms with van der Waals surface area (Å²) in [5.41, 5.74) is 1.63. The van der Waals surface area contributed by atoms with Gasteiger partial charge in [-0.1, -0.05) is 12.1 Å². The normalized spacial score (nSPS) is 14.5. The van der Waals surface area contributed by atoms with Crippen molar-refractivity contribution >= 4 is 28.6 Å². The van der Waals surface area contributed by atoms with Gasteiger partial charge in [-0.2, -0.15) is 0 Å². The minimum absolute atomic E-state index is 0.0966. The number of fused-ring (bicyclic) bond motifs is 1. The summed E-state index contributed by atoms with van der Waals surface area (Å²) < 4.78 is 5.44. The smallest absolute Gasteiger partial charge is 0.227 e. The molecule has 1 aromatic carbocycles. The van der Waals surface area contributed by atoms with E-state index in [0.29, 0.717) is 18.8 Å². The highest BCUT2D eigenvalue weighted by Crippen LogP contribution is 2.27. The van der Waals surface area contributed by atoms with Gasteiger partial charge in [0, 0.05) is 13.1 Å². The fourth-order valence-electron chi connectivity index (χ4n) is 2.81. The van der Waals surface area contributed by atoms with Crippen molar-refractivity contribution in [3.8, 4) is 0 Å². The average Bonchev–Trinajstić information content (AvgIpc) is 3.08. The maximum atomic E-state index is 12.2. The number of aromatic nitrogens is 2. The first-order valence-corrected chi connectivity index (χ1v) is 8.56. The molecule has 6 nitrogen and oxygen atoms in total. The number of ether oxygens (including phenoxy) is 1. The van der Waals surface area contributed by atoms with Crippen molar-refractivity contribution < 1.29 is 9.53 Å². The van der Waals surface area contributed by atoms with Crippen LogP contribution in [0.5, 0.6) is 0 Å². The minimum atomic E-state index is -0.0966. The molecule has 0 spiro atoms. The van der Waals surface area contributed by atoms with Gasteiger partial charge in [-0.25, -0.2) is 9.97 Å². The summed E-state index contributed by atoms with van der Waals surface area (Å²) in [7, 11) is 0. The van der Waals surface area contributed by atoms with E-state index in [0.717, 1.165) is 42.8 Å². The molecular formula is C18H24N4O2.